The van der Waals surface area contributed by atoms with Crippen molar-refractivity contribution in [2.24, 2.45) is 0 Å². The van der Waals surface area contributed by atoms with Gasteiger partial charge in [-0.05, 0) is 37.4 Å². The van der Waals surface area contributed by atoms with Crippen LogP contribution >= 0.6 is 0 Å². The lowest BCUT2D eigenvalue weighted by Gasteiger charge is -2.28. The minimum absolute atomic E-state index is 0.454. The van der Waals surface area contributed by atoms with Crippen LogP contribution in [0.2, 0.25) is 0 Å². The Morgan fingerprint density at radius 3 is 2.85 bits per heavy atom. The van der Waals surface area contributed by atoms with Crippen LogP contribution in [-0.2, 0) is 4.74 Å². The zero-order valence-electron chi connectivity index (χ0n) is 12.9. The van der Waals surface area contributed by atoms with Gasteiger partial charge in [-0.1, -0.05) is 32.0 Å². The van der Waals surface area contributed by atoms with Gasteiger partial charge in [-0.3, -0.25) is 0 Å². The Hall–Kier alpha value is -1.06. The molecule has 1 heterocycles. The van der Waals surface area contributed by atoms with Crippen molar-refractivity contribution in [1.29, 1.82) is 0 Å². The van der Waals surface area contributed by atoms with Crippen LogP contribution in [0.1, 0.15) is 44.7 Å². The largest absolute Gasteiger partial charge is 0.380 e. The summed E-state index contributed by atoms with van der Waals surface area (Å²) in [7, 11) is 0. The van der Waals surface area contributed by atoms with Crippen LogP contribution in [0.5, 0.6) is 0 Å². The standard InChI is InChI=1S/C17H28N2O/c1-3-10-18-16(4-2)15-8-5-6-9-17(15)19-11-7-13-20-14-12-19/h5-6,8-9,16,18H,3-4,7,10-14H2,1-2H3. The Kier molecular flexibility index (Phi) is 6.34. The summed E-state index contributed by atoms with van der Waals surface area (Å²) in [6, 6.07) is 9.30. The molecule has 0 bridgehead atoms. The molecule has 3 nitrogen and oxygen atoms in total. The second kappa shape index (κ2) is 8.28. The molecular weight excluding hydrogens is 248 g/mol. The van der Waals surface area contributed by atoms with Gasteiger partial charge in [-0.2, -0.15) is 0 Å². The van der Waals surface area contributed by atoms with Crippen molar-refractivity contribution in [2.75, 3.05) is 37.7 Å². The van der Waals surface area contributed by atoms with Crippen molar-refractivity contribution in [1.82, 2.24) is 5.32 Å². The molecule has 2 rings (SSSR count). The second-order valence-corrected chi connectivity index (χ2v) is 5.43. The van der Waals surface area contributed by atoms with Gasteiger partial charge in [-0.25, -0.2) is 0 Å². The summed E-state index contributed by atoms with van der Waals surface area (Å²) in [5.74, 6) is 0. The maximum absolute atomic E-state index is 5.58. The third-order valence-electron chi connectivity index (χ3n) is 3.92. The molecule has 1 unspecified atom stereocenters. The Bertz CT molecular complexity index is 386. The van der Waals surface area contributed by atoms with Gasteiger partial charge in [0.05, 0.1) is 6.61 Å². The first-order valence-corrected chi connectivity index (χ1v) is 8.01. The summed E-state index contributed by atoms with van der Waals surface area (Å²) < 4.78 is 5.58. The van der Waals surface area contributed by atoms with E-state index in [0.717, 1.165) is 45.7 Å². The quantitative estimate of drug-likeness (QED) is 0.862. The first-order valence-electron chi connectivity index (χ1n) is 8.01. The molecule has 1 saturated heterocycles. The van der Waals surface area contributed by atoms with Crippen molar-refractivity contribution < 1.29 is 4.74 Å². The van der Waals surface area contributed by atoms with Crippen LogP contribution in [0, 0.1) is 0 Å². The molecule has 0 aliphatic carbocycles. The van der Waals surface area contributed by atoms with E-state index in [4.69, 9.17) is 4.74 Å². The van der Waals surface area contributed by atoms with Crippen LogP contribution in [0.15, 0.2) is 24.3 Å². The lowest BCUT2D eigenvalue weighted by Crippen LogP contribution is -2.29. The van der Waals surface area contributed by atoms with E-state index in [9.17, 15) is 0 Å². The van der Waals surface area contributed by atoms with E-state index in [2.05, 4.69) is 48.3 Å². The minimum Gasteiger partial charge on any atom is -0.380 e. The van der Waals surface area contributed by atoms with E-state index in [1.165, 1.54) is 17.7 Å². The van der Waals surface area contributed by atoms with E-state index >= 15 is 0 Å². The highest BCUT2D eigenvalue weighted by Gasteiger charge is 2.17. The topological polar surface area (TPSA) is 24.5 Å². The van der Waals surface area contributed by atoms with Crippen LogP contribution in [0.3, 0.4) is 0 Å². The fourth-order valence-electron chi connectivity index (χ4n) is 2.85. The molecule has 3 heteroatoms. The van der Waals surface area contributed by atoms with Gasteiger partial charge in [0.1, 0.15) is 0 Å². The first-order chi connectivity index (χ1) is 9.86. The number of ether oxygens (including phenoxy) is 1. The molecule has 20 heavy (non-hydrogen) atoms. The highest BCUT2D eigenvalue weighted by atomic mass is 16.5. The van der Waals surface area contributed by atoms with Crippen molar-refractivity contribution in [3.63, 3.8) is 0 Å². The molecule has 0 radical (unpaired) electrons. The van der Waals surface area contributed by atoms with Gasteiger partial charge in [0.25, 0.3) is 0 Å². The van der Waals surface area contributed by atoms with Crippen molar-refractivity contribution in [2.45, 2.75) is 39.2 Å². The zero-order chi connectivity index (χ0) is 14.2. The third kappa shape index (κ3) is 3.97. The number of hydrogen-bond donors (Lipinski definition) is 1. The molecule has 1 aliphatic heterocycles. The van der Waals surface area contributed by atoms with Crippen LogP contribution in [-0.4, -0.2) is 32.8 Å². The number of nitrogens with zero attached hydrogens (tertiary/aromatic N) is 1. The normalized spacial score (nSPS) is 17.8. The zero-order valence-corrected chi connectivity index (χ0v) is 12.9. The summed E-state index contributed by atoms with van der Waals surface area (Å²) in [6.45, 7) is 9.39. The molecule has 112 valence electrons. The van der Waals surface area contributed by atoms with E-state index in [-0.39, 0.29) is 0 Å². The average molecular weight is 276 g/mol. The maximum Gasteiger partial charge on any atom is 0.0641 e. The summed E-state index contributed by atoms with van der Waals surface area (Å²) in [6.07, 6.45) is 3.42. The molecular formula is C17H28N2O. The van der Waals surface area contributed by atoms with Gasteiger partial charge in [0.15, 0.2) is 0 Å². The predicted molar refractivity (Wildman–Crippen MR) is 85.4 cm³/mol. The lowest BCUT2D eigenvalue weighted by molar-refractivity contribution is 0.152. The van der Waals surface area contributed by atoms with Gasteiger partial charge in [0.2, 0.25) is 0 Å². The minimum atomic E-state index is 0.454. The number of para-hydroxylation sites is 1. The Balaban J connectivity index is 2.19. The number of hydrogen-bond acceptors (Lipinski definition) is 3. The molecule has 0 spiro atoms. The van der Waals surface area contributed by atoms with Crippen molar-refractivity contribution in [3.8, 4) is 0 Å². The summed E-state index contributed by atoms with van der Waals surface area (Å²) in [4.78, 5) is 2.48. The van der Waals surface area contributed by atoms with Crippen LogP contribution < -0.4 is 10.2 Å². The number of benzene rings is 1. The highest BCUT2D eigenvalue weighted by Crippen LogP contribution is 2.28. The number of rotatable bonds is 6. The van der Waals surface area contributed by atoms with E-state index in [1.807, 2.05) is 0 Å². The molecule has 1 N–H and O–H groups in total. The molecule has 1 aromatic carbocycles. The van der Waals surface area contributed by atoms with Crippen molar-refractivity contribution in [3.05, 3.63) is 29.8 Å². The molecule has 0 saturated carbocycles. The van der Waals surface area contributed by atoms with Crippen LogP contribution in [0.4, 0.5) is 5.69 Å². The molecule has 1 atom stereocenters. The second-order valence-electron chi connectivity index (χ2n) is 5.43. The van der Waals surface area contributed by atoms with Gasteiger partial charge < -0.3 is 15.0 Å². The van der Waals surface area contributed by atoms with E-state index in [1.54, 1.807) is 0 Å². The van der Waals surface area contributed by atoms with E-state index in [0.29, 0.717) is 6.04 Å². The monoisotopic (exact) mass is 276 g/mol. The molecule has 0 aromatic heterocycles. The third-order valence-corrected chi connectivity index (χ3v) is 3.92. The van der Waals surface area contributed by atoms with Gasteiger partial charge >= 0.3 is 0 Å². The lowest BCUT2D eigenvalue weighted by atomic mass is 10.0. The molecule has 1 aliphatic rings. The summed E-state index contributed by atoms with van der Waals surface area (Å²) in [5.41, 5.74) is 2.82. The van der Waals surface area contributed by atoms with Crippen LogP contribution in [0.25, 0.3) is 0 Å². The Labute approximate surface area is 123 Å². The number of nitrogens with one attached hydrogen (secondary N) is 1. The molecule has 1 aromatic rings. The van der Waals surface area contributed by atoms with Crippen molar-refractivity contribution >= 4 is 5.69 Å². The fourth-order valence-corrected chi connectivity index (χ4v) is 2.85. The first kappa shape index (κ1) is 15.3. The summed E-state index contributed by atoms with van der Waals surface area (Å²) >= 11 is 0. The Morgan fingerprint density at radius 1 is 1.20 bits per heavy atom. The fraction of sp³-hybridized carbons (Fsp3) is 0.647. The average Bonchev–Trinajstić information content (AvgIpc) is 2.77. The SMILES string of the molecule is CCCNC(CC)c1ccccc1N1CCCOCC1. The number of anilines is 1. The van der Waals surface area contributed by atoms with Gasteiger partial charge in [-0.15, -0.1) is 0 Å². The highest BCUT2D eigenvalue weighted by molar-refractivity contribution is 5.55. The summed E-state index contributed by atoms with van der Waals surface area (Å²) in [5, 5.41) is 3.67. The smallest absolute Gasteiger partial charge is 0.0641 e. The van der Waals surface area contributed by atoms with E-state index < -0.39 is 0 Å². The van der Waals surface area contributed by atoms with Gasteiger partial charge in [0, 0.05) is 31.4 Å². The molecule has 1 fully saturated rings. The molecule has 0 amide bonds. The maximum atomic E-state index is 5.58. The predicted octanol–water partition coefficient (Wildman–Crippen LogP) is 3.36. The Morgan fingerprint density at radius 2 is 2.05 bits per heavy atom.